The minimum atomic E-state index is 0.422. The van der Waals surface area contributed by atoms with Crippen LogP contribution in [0.2, 0.25) is 5.15 Å². The van der Waals surface area contributed by atoms with Gasteiger partial charge in [0.05, 0.1) is 12.2 Å². The Morgan fingerprint density at radius 2 is 2.26 bits per heavy atom. The maximum Gasteiger partial charge on any atom is 0.145 e. The third kappa shape index (κ3) is 3.17. The van der Waals surface area contributed by atoms with Gasteiger partial charge in [-0.25, -0.2) is 4.68 Å². The Labute approximate surface area is 125 Å². The summed E-state index contributed by atoms with van der Waals surface area (Å²) in [5.41, 5.74) is 2.37. The van der Waals surface area contributed by atoms with E-state index in [1.165, 1.54) is 0 Å². The van der Waals surface area contributed by atoms with Crippen LogP contribution in [0.5, 0.6) is 0 Å². The predicted octanol–water partition coefficient (Wildman–Crippen LogP) is 4.17. The van der Waals surface area contributed by atoms with Crippen molar-refractivity contribution in [3.05, 3.63) is 50.7 Å². The minimum Gasteiger partial charge on any atom is -0.248 e. The fraction of sp³-hybridized carbons (Fsp3) is 0.286. The number of hydrogen-bond acceptors (Lipinski definition) is 2. The van der Waals surface area contributed by atoms with Crippen LogP contribution >= 0.6 is 27.5 Å². The van der Waals surface area contributed by atoms with Crippen molar-refractivity contribution < 1.29 is 0 Å². The molecule has 0 aliphatic heterocycles. The summed E-state index contributed by atoms with van der Waals surface area (Å²) in [6, 6.07) is 10.1. The summed E-state index contributed by atoms with van der Waals surface area (Å²) in [5, 5.41) is 14.0. The van der Waals surface area contributed by atoms with E-state index in [1.807, 2.05) is 24.3 Å². The summed E-state index contributed by atoms with van der Waals surface area (Å²) in [6.45, 7) is 2.62. The van der Waals surface area contributed by atoms with E-state index in [0.29, 0.717) is 17.3 Å². The van der Waals surface area contributed by atoms with Gasteiger partial charge in [0, 0.05) is 4.47 Å². The van der Waals surface area contributed by atoms with Crippen LogP contribution in [0.15, 0.2) is 28.7 Å². The molecular formula is C14H13BrClN3. The van der Waals surface area contributed by atoms with Crippen LogP contribution in [0.4, 0.5) is 0 Å². The lowest BCUT2D eigenvalue weighted by atomic mass is 10.2. The summed E-state index contributed by atoms with van der Waals surface area (Å²) in [6.07, 6.45) is 1.72. The first-order valence-electron chi connectivity index (χ1n) is 6.05. The Morgan fingerprint density at radius 3 is 2.89 bits per heavy atom. The fourth-order valence-corrected chi connectivity index (χ4v) is 2.62. The molecule has 0 amide bonds. The van der Waals surface area contributed by atoms with Gasteiger partial charge in [-0.1, -0.05) is 53.0 Å². The van der Waals surface area contributed by atoms with Crippen molar-refractivity contribution in [1.29, 1.82) is 5.26 Å². The Bertz CT molecular complexity index is 628. The molecule has 0 saturated carbocycles. The molecule has 0 aliphatic rings. The SMILES string of the molecule is CCCc1nn(Cc2cccc(Br)c2)c(Cl)c1C#N. The van der Waals surface area contributed by atoms with E-state index < -0.39 is 0 Å². The van der Waals surface area contributed by atoms with Gasteiger partial charge in [0.25, 0.3) is 0 Å². The third-order valence-electron chi connectivity index (χ3n) is 2.78. The molecule has 0 bridgehead atoms. The van der Waals surface area contributed by atoms with Crippen LogP contribution in [-0.4, -0.2) is 9.78 Å². The third-order valence-corrected chi connectivity index (χ3v) is 3.66. The van der Waals surface area contributed by atoms with Gasteiger partial charge in [0.2, 0.25) is 0 Å². The van der Waals surface area contributed by atoms with E-state index in [1.54, 1.807) is 4.68 Å². The highest BCUT2D eigenvalue weighted by Gasteiger charge is 2.15. The van der Waals surface area contributed by atoms with Gasteiger partial charge in [-0.15, -0.1) is 0 Å². The van der Waals surface area contributed by atoms with Gasteiger partial charge in [-0.2, -0.15) is 10.4 Å². The van der Waals surface area contributed by atoms with E-state index in [4.69, 9.17) is 16.9 Å². The van der Waals surface area contributed by atoms with Gasteiger partial charge in [-0.05, 0) is 24.1 Å². The fourth-order valence-electron chi connectivity index (χ4n) is 1.92. The molecule has 2 aromatic rings. The average Bonchev–Trinajstić information content (AvgIpc) is 2.66. The van der Waals surface area contributed by atoms with Crippen molar-refractivity contribution in [2.24, 2.45) is 0 Å². The van der Waals surface area contributed by atoms with Crippen LogP contribution in [0.3, 0.4) is 0 Å². The lowest BCUT2D eigenvalue weighted by Crippen LogP contribution is -2.02. The summed E-state index contributed by atoms with van der Waals surface area (Å²) in [5.74, 6) is 0. The first-order valence-corrected chi connectivity index (χ1v) is 7.22. The molecule has 0 atom stereocenters. The number of nitriles is 1. The van der Waals surface area contributed by atoms with Crippen LogP contribution in [-0.2, 0) is 13.0 Å². The summed E-state index contributed by atoms with van der Waals surface area (Å²) >= 11 is 9.66. The number of benzene rings is 1. The number of halogens is 2. The topological polar surface area (TPSA) is 41.6 Å². The highest BCUT2D eigenvalue weighted by Crippen LogP contribution is 2.22. The Balaban J connectivity index is 2.33. The van der Waals surface area contributed by atoms with Crippen molar-refractivity contribution in [2.75, 3.05) is 0 Å². The molecule has 19 heavy (non-hydrogen) atoms. The first-order chi connectivity index (χ1) is 9.15. The van der Waals surface area contributed by atoms with Gasteiger partial charge in [0.15, 0.2) is 0 Å². The molecule has 0 unspecified atom stereocenters. The molecule has 0 saturated heterocycles. The van der Waals surface area contributed by atoms with Crippen molar-refractivity contribution >= 4 is 27.5 Å². The van der Waals surface area contributed by atoms with E-state index in [9.17, 15) is 0 Å². The zero-order valence-electron chi connectivity index (χ0n) is 10.5. The average molecular weight is 339 g/mol. The number of aryl methyl sites for hydroxylation is 1. The molecule has 1 heterocycles. The number of hydrogen-bond donors (Lipinski definition) is 0. The standard InChI is InChI=1S/C14H13BrClN3/c1-2-4-13-12(8-17)14(16)19(18-13)9-10-5-3-6-11(15)7-10/h3,5-7H,2,4,9H2,1H3. The van der Waals surface area contributed by atoms with Gasteiger partial charge in [0.1, 0.15) is 16.8 Å². The second-order valence-corrected chi connectivity index (χ2v) is 5.54. The molecule has 0 N–H and O–H groups in total. The monoisotopic (exact) mass is 337 g/mol. The largest absolute Gasteiger partial charge is 0.248 e. The van der Waals surface area contributed by atoms with Crippen LogP contribution in [0, 0.1) is 11.3 Å². The summed E-state index contributed by atoms with van der Waals surface area (Å²) in [4.78, 5) is 0. The minimum absolute atomic E-state index is 0.422. The number of nitrogens with zero attached hydrogens (tertiary/aromatic N) is 3. The van der Waals surface area contributed by atoms with Crippen LogP contribution in [0.25, 0.3) is 0 Å². The molecule has 5 heteroatoms. The summed E-state index contributed by atoms with van der Waals surface area (Å²) < 4.78 is 2.70. The Morgan fingerprint density at radius 1 is 1.47 bits per heavy atom. The Kier molecular flexibility index (Phi) is 4.62. The Hall–Kier alpha value is -1.31. The van der Waals surface area contributed by atoms with Gasteiger partial charge in [-0.3, -0.25) is 0 Å². The maximum absolute atomic E-state index is 9.15. The normalized spacial score (nSPS) is 10.4. The zero-order chi connectivity index (χ0) is 13.8. The molecule has 0 aliphatic carbocycles. The van der Waals surface area contributed by atoms with Crippen molar-refractivity contribution in [3.63, 3.8) is 0 Å². The van der Waals surface area contributed by atoms with E-state index in [0.717, 1.165) is 28.6 Å². The second-order valence-electron chi connectivity index (χ2n) is 4.26. The molecular weight excluding hydrogens is 326 g/mol. The van der Waals surface area contributed by atoms with Gasteiger partial charge < -0.3 is 0 Å². The van der Waals surface area contributed by atoms with Crippen molar-refractivity contribution in [3.8, 4) is 6.07 Å². The highest BCUT2D eigenvalue weighted by atomic mass is 79.9. The van der Waals surface area contributed by atoms with Crippen molar-refractivity contribution in [2.45, 2.75) is 26.3 Å². The lowest BCUT2D eigenvalue weighted by molar-refractivity contribution is 0.668. The maximum atomic E-state index is 9.15. The highest BCUT2D eigenvalue weighted by molar-refractivity contribution is 9.10. The molecule has 0 radical (unpaired) electrons. The number of rotatable bonds is 4. The van der Waals surface area contributed by atoms with Crippen LogP contribution in [0.1, 0.15) is 30.2 Å². The summed E-state index contributed by atoms with van der Waals surface area (Å²) in [7, 11) is 0. The molecule has 2 rings (SSSR count). The predicted molar refractivity (Wildman–Crippen MR) is 79.2 cm³/mol. The van der Waals surface area contributed by atoms with E-state index in [2.05, 4.69) is 34.0 Å². The molecule has 98 valence electrons. The molecule has 3 nitrogen and oxygen atoms in total. The quantitative estimate of drug-likeness (QED) is 0.839. The second kappa shape index (κ2) is 6.23. The lowest BCUT2D eigenvalue weighted by Gasteiger charge is -2.03. The zero-order valence-corrected chi connectivity index (χ0v) is 12.9. The van der Waals surface area contributed by atoms with Crippen LogP contribution < -0.4 is 0 Å². The van der Waals surface area contributed by atoms with E-state index in [-0.39, 0.29) is 0 Å². The number of aromatic nitrogens is 2. The van der Waals surface area contributed by atoms with Crippen molar-refractivity contribution in [1.82, 2.24) is 9.78 Å². The first kappa shape index (κ1) is 14.1. The molecule has 1 aromatic heterocycles. The van der Waals surface area contributed by atoms with E-state index >= 15 is 0 Å². The smallest absolute Gasteiger partial charge is 0.145 e. The molecule has 1 aromatic carbocycles. The molecule has 0 fully saturated rings. The van der Waals surface area contributed by atoms with Gasteiger partial charge >= 0.3 is 0 Å². The molecule has 0 spiro atoms.